The van der Waals surface area contributed by atoms with Crippen LogP contribution < -0.4 is 9.61 Å². The maximum atomic E-state index is 6.88. The molecule has 0 saturated carbocycles. The van der Waals surface area contributed by atoms with Gasteiger partial charge in [0.15, 0.2) is 0 Å². The molecule has 4 rings (SSSR count). The minimum Gasteiger partial charge on any atom is -0.530 e. The summed E-state index contributed by atoms with van der Waals surface area (Å²) >= 11 is 3.62. The van der Waals surface area contributed by atoms with E-state index in [9.17, 15) is 0 Å². The number of nitrogens with zero attached hydrogens (tertiary/aromatic N) is 2. The van der Waals surface area contributed by atoms with Gasteiger partial charge >= 0.3 is 8.32 Å². The van der Waals surface area contributed by atoms with Crippen molar-refractivity contribution >= 4 is 37.0 Å². The summed E-state index contributed by atoms with van der Waals surface area (Å²) in [6.07, 6.45) is 16.3. The fraction of sp³-hybridized carbons (Fsp3) is 0.100. The summed E-state index contributed by atoms with van der Waals surface area (Å²) in [5.41, 5.74) is 0. The molecule has 4 heterocycles. The van der Waals surface area contributed by atoms with Crippen LogP contribution in [0, 0.1) is 0 Å². The van der Waals surface area contributed by atoms with Crippen molar-refractivity contribution in [2.24, 2.45) is 0 Å². The van der Waals surface area contributed by atoms with Crippen LogP contribution >= 0.6 is 23.5 Å². The number of allylic oxidation sites excluding steroid dienone is 4. The topological polar surface area (TPSA) is 35.0 Å². The third kappa shape index (κ3) is 3.45. The summed E-state index contributed by atoms with van der Waals surface area (Å²) in [5.74, 6) is 2.79. The summed E-state index contributed by atoms with van der Waals surface area (Å²) in [6, 6.07) is 8.07. The van der Waals surface area contributed by atoms with Gasteiger partial charge in [0.2, 0.25) is 0 Å². The third-order valence-electron chi connectivity index (χ3n) is 4.31. The number of hydrogen-bond acceptors (Lipinski definition) is 5. The molecular weight excluding hydrogens is 376 g/mol. The first kappa shape index (κ1) is 17.4. The average Bonchev–Trinajstić information content (AvgIpc) is 2.75. The van der Waals surface area contributed by atoms with Crippen LogP contribution in [0.25, 0.3) is 0 Å². The minimum absolute atomic E-state index is 0.850. The Hall–Kier alpha value is -2.02. The smallest absolute Gasteiger partial charge is 0.346 e. The van der Waals surface area contributed by atoms with Gasteiger partial charge in [-0.3, -0.25) is 9.97 Å². The minimum atomic E-state index is -2.66. The lowest BCUT2D eigenvalue weighted by molar-refractivity contribution is 0.568. The summed E-state index contributed by atoms with van der Waals surface area (Å²) in [5, 5.41) is 8.12. The van der Waals surface area contributed by atoms with E-state index in [1.807, 2.05) is 48.1 Å². The van der Waals surface area contributed by atoms with Crippen LogP contribution in [0.1, 0.15) is 0 Å². The zero-order valence-corrected chi connectivity index (χ0v) is 16.7. The van der Waals surface area contributed by atoms with Crippen LogP contribution in [0.4, 0.5) is 0 Å². The number of rotatable bonds is 5. The quantitative estimate of drug-likeness (QED) is 0.712. The second kappa shape index (κ2) is 8.12. The van der Waals surface area contributed by atoms with Gasteiger partial charge in [0, 0.05) is 36.3 Å². The molecule has 6 heteroatoms. The van der Waals surface area contributed by atoms with Gasteiger partial charge in [0.05, 0.1) is 0 Å². The Balaban J connectivity index is 1.93. The van der Waals surface area contributed by atoms with Gasteiger partial charge in [-0.05, 0) is 50.7 Å². The molecule has 0 spiro atoms. The van der Waals surface area contributed by atoms with E-state index in [1.54, 1.807) is 12.4 Å². The zero-order valence-electron chi connectivity index (χ0n) is 14.1. The summed E-state index contributed by atoms with van der Waals surface area (Å²) in [6.45, 7) is 0. The monoisotopic (exact) mass is 394 g/mol. The van der Waals surface area contributed by atoms with E-state index in [-0.39, 0.29) is 0 Å². The van der Waals surface area contributed by atoms with Gasteiger partial charge in [-0.2, -0.15) is 0 Å². The highest BCUT2D eigenvalue weighted by atomic mass is 32.2. The van der Waals surface area contributed by atoms with E-state index in [0.29, 0.717) is 0 Å². The summed E-state index contributed by atoms with van der Waals surface area (Å²) < 4.78 is 6.88. The fourth-order valence-electron chi connectivity index (χ4n) is 3.13. The van der Waals surface area contributed by atoms with Crippen LogP contribution in [-0.4, -0.2) is 29.8 Å². The lowest BCUT2D eigenvalue weighted by atomic mass is 10.5. The van der Waals surface area contributed by atoms with E-state index in [4.69, 9.17) is 4.43 Å². The predicted molar refractivity (Wildman–Crippen MR) is 114 cm³/mol. The lowest BCUT2D eigenvalue weighted by Crippen LogP contribution is -2.57. The molecule has 0 fully saturated rings. The first-order valence-corrected chi connectivity index (χ1v) is 12.4. The van der Waals surface area contributed by atoms with Crippen LogP contribution in [0.5, 0.6) is 5.75 Å². The largest absolute Gasteiger partial charge is 0.530 e. The molecule has 2 aliphatic heterocycles. The second-order valence-electron chi connectivity index (χ2n) is 5.79. The van der Waals surface area contributed by atoms with E-state index >= 15 is 0 Å². The zero-order chi connectivity index (χ0) is 17.7. The summed E-state index contributed by atoms with van der Waals surface area (Å²) in [7, 11) is -2.66. The molecule has 0 bridgehead atoms. The van der Waals surface area contributed by atoms with Crippen molar-refractivity contribution in [3.63, 3.8) is 0 Å². The molecule has 0 N–H and O–H groups in total. The SMILES string of the molecule is C1=CC([Si](Oc2ccncc2)(C2=CCSC=C2)c2ccncc2)=CCS1. The van der Waals surface area contributed by atoms with E-state index in [0.717, 1.165) is 17.3 Å². The molecule has 2 aromatic heterocycles. The molecule has 0 atom stereocenters. The maximum Gasteiger partial charge on any atom is 0.346 e. The first-order chi connectivity index (χ1) is 12.9. The Labute approximate surface area is 163 Å². The highest BCUT2D eigenvalue weighted by Gasteiger charge is 2.46. The van der Waals surface area contributed by atoms with Crippen molar-refractivity contribution in [1.82, 2.24) is 9.97 Å². The van der Waals surface area contributed by atoms with Crippen molar-refractivity contribution < 1.29 is 4.43 Å². The Morgan fingerprint density at radius 1 is 0.769 bits per heavy atom. The molecule has 2 aliphatic rings. The molecule has 0 radical (unpaired) electrons. The van der Waals surface area contributed by atoms with Crippen molar-refractivity contribution in [3.05, 3.63) is 94.6 Å². The third-order valence-corrected chi connectivity index (χ3v) is 9.74. The maximum absolute atomic E-state index is 6.88. The predicted octanol–water partition coefficient (Wildman–Crippen LogP) is 4.16. The molecular formula is C20H18N2OS2Si. The normalized spacial score (nSPS) is 16.8. The molecule has 0 aromatic carbocycles. The van der Waals surface area contributed by atoms with Gasteiger partial charge in [-0.25, -0.2) is 0 Å². The molecule has 0 saturated heterocycles. The fourth-order valence-corrected chi connectivity index (χ4v) is 8.81. The van der Waals surface area contributed by atoms with Crippen molar-refractivity contribution in [2.45, 2.75) is 0 Å². The van der Waals surface area contributed by atoms with E-state index in [2.05, 4.69) is 57.2 Å². The molecule has 2 aromatic rings. The second-order valence-corrected chi connectivity index (χ2v) is 11.0. The molecule has 0 amide bonds. The number of hydrogen-bond donors (Lipinski definition) is 0. The number of thioether (sulfide) groups is 2. The Morgan fingerprint density at radius 3 is 1.81 bits per heavy atom. The molecule has 3 nitrogen and oxygen atoms in total. The first-order valence-electron chi connectivity index (χ1n) is 8.37. The van der Waals surface area contributed by atoms with Crippen molar-refractivity contribution in [3.8, 4) is 5.75 Å². The average molecular weight is 395 g/mol. The van der Waals surface area contributed by atoms with Gasteiger partial charge in [-0.1, -0.05) is 24.3 Å². The van der Waals surface area contributed by atoms with Crippen LogP contribution in [-0.2, 0) is 0 Å². The van der Waals surface area contributed by atoms with Crippen molar-refractivity contribution in [2.75, 3.05) is 11.5 Å². The van der Waals surface area contributed by atoms with Gasteiger partial charge in [0.1, 0.15) is 5.75 Å². The highest BCUT2D eigenvalue weighted by molar-refractivity contribution is 8.02. The standard InChI is InChI=1S/C20H18N2OS2Si/c1-9-21-10-2-17(1)23-26(18-3-11-22-12-4-18,19-5-13-24-14-6-19)20-7-15-25-16-8-20/h1-13,15H,14,16H2. The van der Waals surface area contributed by atoms with Gasteiger partial charge in [-0.15, -0.1) is 23.5 Å². The lowest BCUT2D eigenvalue weighted by Gasteiger charge is -2.36. The van der Waals surface area contributed by atoms with E-state index < -0.39 is 8.32 Å². The Kier molecular flexibility index (Phi) is 5.43. The molecule has 0 unspecified atom stereocenters. The van der Waals surface area contributed by atoms with E-state index in [1.165, 1.54) is 15.6 Å². The summed E-state index contributed by atoms with van der Waals surface area (Å²) in [4.78, 5) is 8.36. The van der Waals surface area contributed by atoms with Gasteiger partial charge < -0.3 is 4.43 Å². The number of aromatic nitrogens is 2. The Bertz CT molecular complexity index is 847. The van der Waals surface area contributed by atoms with Gasteiger partial charge in [0.25, 0.3) is 0 Å². The Morgan fingerprint density at radius 2 is 1.31 bits per heavy atom. The molecule has 0 aliphatic carbocycles. The highest BCUT2D eigenvalue weighted by Crippen LogP contribution is 2.34. The molecule has 130 valence electrons. The number of pyridine rings is 2. The van der Waals surface area contributed by atoms with Crippen molar-refractivity contribution in [1.29, 1.82) is 0 Å². The van der Waals surface area contributed by atoms with Crippen LogP contribution in [0.3, 0.4) is 0 Å². The van der Waals surface area contributed by atoms with Crippen LogP contribution in [0.2, 0.25) is 0 Å². The van der Waals surface area contributed by atoms with Crippen LogP contribution in [0.15, 0.2) is 94.6 Å². The molecule has 26 heavy (non-hydrogen) atoms.